The number of fused-ring (bicyclic) bond motifs is 1. The van der Waals surface area contributed by atoms with Crippen LogP contribution < -0.4 is 4.90 Å². The Labute approximate surface area is 131 Å². The maximum Gasteiger partial charge on any atom is 0.227 e. The normalized spacial score (nSPS) is 14.3. The van der Waals surface area contributed by atoms with E-state index in [1.165, 1.54) is 5.56 Å². The van der Waals surface area contributed by atoms with Gasteiger partial charge in [-0.2, -0.15) is 0 Å². The molecule has 0 aromatic heterocycles. The van der Waals surface area contributed by atoms with Gasteiger partial charge in [0.25, 0.3) is 0 Å². The lowest BCUT2D eigenvalue weighted by atomic mass is 10.0. The van der Waals surface area contributed by atoms with Crippen molar-refractivity contribution in [2.24, 2.45) is 0 Å². The molecule has 0 unspecified atom stereocenters. The Hall–Kier alpha value is -1.32. The van der Waals surface area contributed by atoms with Gasteiger partial charge in [0.1, 0.15) is 0 Å². The van der Waals surface area contributed by atoms with E-state index in [2.05, 4.69) is 22.0 Å². The van der Waals surface area contributed by atoms with E-state index in [9.17, 15) is 4.79 Å². The number of para-hydroxylation sites is 1. The molecule has 1 aliphatic rings. The molecule has 2 nitrogen and oxygen atoms in total. The zero-order valence-corrected chi connectivity index (χ0v) is 13.1. The molecule has 20 heavy (non-hydrogen) atoms. The number of benzene rings is 2. The fourth-order valence-electron chi connectivity index (χ4n) is 2.49. The van der Waals surface area contributed by atoms with Crippen LogP contribution in [0.1, 0.15) is 17.5 Å². The second kappa shape index (κ2) is 5.58. The Morgan fingerprint density at radius 3 is 2.75 bits per heavy atom. The van der Waals surface area contributed by atoms with Crippen LogP contribution in [0.3, 0.4) is 0 Å². The number of nitrogens with zero attached hydrogens (tertiary/aromatic N) is 1. The first-order chi connectivity index (χ1) is 9.65. The van der Waals surface area contributed by atoms with Crippen molar-refractivity contribution in [1.29, 1.82) is 0 Å². The molecule has 1 amide bonds. The SMILES string of the molecule is O=C1CCc2ccccc2N1Cc1ccc(Br)cc1Cl. The summed E-state index contributed by atoms with van der Waals surface area (Å²) in [7, 11) is 0. The molecule has 0 aliphatic carbocycles. The summed E-state index contributed by atoms with van der Waals surface area (Å²) in [5, 5.41) is 0.676. The molecule has 0 atom stereocenters. The molecule has 0 saturated heterocycles. The van der Waals surface area contributed by atoms with Crippen LogP contribution in [0.2, 0.25) is 5.02 Å². The molecular weight excluding hydrogens is 338 g/mol. The number of rotatable bonds is 2. The fraction of sp³-hybridized carbons (Fsp3) is 0.188. The summed E-state index contributed by atoms with van der Waals surface area (Å²) in [5.74, 6) is 0.155. The van der Waals surface area contributed by atoms with Gasteiger partial charge in [0.2, 0.25) is 5.91 Å². The predicted molar refractivity (Wildman–Crippen MR) is 85.1 cm³/mol. The Morgan fingerprint density at radius 2 is 1.95 bits per heavy atom. The van der Waals surface area contributed by atoms with Crippen LogP contribution in [0.5, 0.6) is 0 Å². The number of hydrogen-bond acceptors (Lipinski definition) is 1. The first-order valence-corrected chi connectivity index (χ1v) is 7.64. The molecular formula is C16H13BrClNO. The van der Waals surface area contributed by atoms with Gasteiger partial charge in [-0.05, 0) is 35.7 Å². The number of amides is 1. The molecule has 0 radical (unpaired) electrons. The average Bonchev–Trinajstić information content (AvgIpc) is 2.44. The molecule has 0 bridgehead atoms. The molecule has 1 aliphatic heterocycles. The lowest BCUT2D eigenvalue weighted by Gasteiger charge is -2.29. The molecule has 4 heteroatoms. The van der Waals surface area contributed by atoms with Gasteiger partial charge in [0, 0.05) is 21.6 Å². The Kier molecular flexibility index (Phi) is 3.81. The number of hydrogen-bond donors (Lipinski definition) is 0. The number of carbonyl (C=O) groups is 1. The zero-order chi connectivity index (χ0) is 14.1. The third-order valence-corrected chi connectivity index (χ3v) is 4.38. The summed E-state index contributed by atoms with van der Waals surface area (Å²) in [4.78, 5) is 14.0. The van der Waals surface area contributed by atoms with E-state index < -0.39 is 0 Å². The molecule has 0 saturated carbocycles. The van der Waals surface area contributed by atoms with E-state index in [1.807, 2.05) is 41.3 Å². The van der Waals surface area contributed by atoms with Crippen LogP contribution in [0.4, 0.5) is 5.69 Å². The van der Waals surface area contributed by atoms with E-state index in [4.69, 9.17) is 11.6 Å². The number of carbonyl (C=O) groups excluding carboxylic acids is 1. The topological polar surface area (TPSA) is 20.3 Å². The van der Waals surface area contributed by atoms with Crippen molar-refractivity contribution in [3.05, 3.63) is 63.1 Å². The van der Waals surface area contributed by atoms with Crippen molar-refractivity contribution in [3.63, 3.8) is 0 Å². The van der Waals surface area contributed by atoms with E-state index in [0.717, 1.165) is 22.1 Å². The molecule has 1 heterocycles. The lowest BCUT2D eigenvalue weighted by molar-refractivity contribution is -0.119. The highest BCUT2D eigenvalue weighted by Crippen LogP contribution is 2.31. The summed E-state index contributed by atoms with van der Waals surface area (Å²) in [6.45, 7) is 0.516. The third-order valence-electron chi connectivity index (χ3n) is 3.54. The maximum atomic E-state index is 12.2. The standard InChI is InChI=1S/C16H13BrClNO/c17-13-7-5-12(14(18)9-13)10-19-15-4-2-1-3-11(15)6-8-16(19)20/h1-5,7,9H,6,8,10H2. The van der Waals surface area contributed by atoms with Crippen molar-refractivity contribution >= 4 is 39.1 Å². The van der Waals surface area contributed by atoms with Crippen LogP contribution in [-0.2, 0) is 17.8 Å². The molecule has 0 N–H and O–H groups in total. The second-order valence-electron chi connectivity index (χ2n) is 4.84. The minimum atomic E-state index is 0.155. The lowest BCUT2D eigenvalue weighted by Crippen LogP contribution is -2.34. The molecule has 0 spiro atoms. The van der Waals surface area contributed by atoms with Gasteiger partial charge >= 0.3 is 0 Å². The van der Waals surface area contributed by atoms with Crippen molar-refractivity contribution in [2.45, 2.75) is 19.4 Å². The predicted octanol–water partition coefficient (Wildman–Crippen LogP) is 4.58. The van der Waals surface area contributed by atoms with Gasteiger partial charge in [0.15, 0.2) is 0 Å². The summed E-state index contributed by atoms with van der Waals surface area (Å²) >= 11 is 9.65. The zero-order valence-electron chi connectivity index (χ0n) is 10.8. The first-order valence-electron chi connectivity index (χ1n) is 6.47. The molecule has 102 valence electrons. The van der Waals surface area contributed by atoms with Gasteiger partial charge in [-0.25, -0.2) is 0 Å². The summed E-state index contributed by atoms with van der Waals surface area (Å²) in [6, 6.07) is 13.8. The summed E-state index contributed by atoms with van der Waals surface area (Å²) in [5.41, 5.74) is 3.18. The van der Waals surface area contributed by atoms with E-state index in [1.54, 1.807) is 0 Å². The smallest absolute Gasteiger partial charge is 0.227 e. The minimum absolute atomic E-state index is 0.155. The van der Waals surface area contributed by atoms with Crippen molar-refractivity contribution < 1.29 is 4.79 Å². The molecule has 2 aromatic carbocycles. The molecule has 3 rings (SSSR count). The Balaban J connectivity index is 1.95. The van der Waals surface area contributed by atoms with Gasteiger partial charge in [-0.3, -0.25) is 4.79 Å². The minimum Gasteiger partial charge on any atom is -0.308 e. The van der Waals surface area contributed by atoms with E-state index in [-0.39, 0.29) is 5.91 Å². The number of halogens is 2. The first kappa shape index (κ1) is 13.7. The highest BCUT2D eigenvalue weighted by molar-refractivity contribution is 9.10. The van der Waals surface area contributed by atoms with Crippen LogP contribution >= 0.6 is 27.5 Å². The number of anilines is 1. The van der Waals surface area contributed by atoms with Crippen LogP contribution in [0.15, 0.2) is 46.9 Å². The quantitative estimate of drug-likeness (QED) is 0.776. The Bertz CT molecular complexity index is 671. The Morgan fingerprint density at radius 1 is 1.15 bits per heavy atom. The second-order valence-corrected chi connectivity index (χ2v) is 6.17. The van der Waals surface area contributed by atoms with Crippen molar-refractivity contribution in [2.75, 3.05) is 4.90 Å². The van der Waals surface area contributed by atoms with Crippen LogP contribution in [-0.4, -0.2) is 5.91 Å². The van der Waals surface area contributed by atoms with Crippen molar-refractivity contribution in [3.8, 4) is 0 Å². The highest BCUT2D eigenvalue weighted by Gasteiger charge is 2.24. The highest BCUT2D eigenvalue weighted by atomic mass is 79.9. The van der Waals surface area contributed by atoms with Crippen LogP contribution in [0, 0.1) is 0 Å². The summed E-state index contributed by atoms with van der Waals surface area (Å²) in [6.07, 6.45) is 1.38. The largest absolute Gasteiger partial charge is 0.308 e. The van der Waals surface area contributed by atoms with Crippen molar-refractivity contribution in [1.82, 2.24) is 0 Å². The monoisotopic (exact) mass is 349 g/mol. The van der Waals surface area contributed by atoms with Gasteiger partial charge in [0.05, 0.1) is 6.54 Å². The van der Waals surface area contributed by atoms with E-state index in [0.29, 0.717) is 18.0 Å². The van der Waals surface area contributed by atoms with Gasteiger partial charge < -0.3 is 4.90 Å². The average molecular weight is 351 g/mol. The number of aryl methyl sites for hydroxylation is 1. The van der Waals surface area contributed by atoms with Gasteiger partial charge in [-0.15, -0.1) is 0 Å². The fourth-order valence-corrected chi connectivity index (χ4v) is 3.22. The van der Waals surface area contributed by atoms with Gasteiger partial charge in [-0.1, -0.05) is 51.8 Å². The third kappa shape index (κ3) is 2.60. The maximum absolute atomic E-state index is 12.2. The molecule has 0 fully saturated rings. The summed E-state index contributed by atoms with van der Waals surface area (Å²) < 4.78 is 0.941. The van der Waals surface area contributed by atoms with Crippen LogP contribution in [0.25, 0.3) is 0 Å². The molecule has 2 aromatic rings. The van der Waals surface area contributed by atoms with E-state index >= 15 is 0 Å².